The number of rotatable bonds is 5. The summed E-state index contributed by atoms with van der Waals surface area (Å²) >= 11 is 6.06. The maximum absolute atomic E-state index is 12.1. The number of aliphatic hydroxyl groups is 1. The topological polar surface area (TPSA) is 55.1 Å². The van der Waals surface area contributed by atoms with Gasteiger partial charge >= 0.3 is 0 Å². The summed E-state index contributed by atoms with van der Waals surface area (Å²) < 4.78 is 1.54. The Labute approximate surface area is 107 Å². The van der Waals surface area contributed by atoms with Crippen LogP contribution in [0.15, 0.2) is 0 Å². The van der Waals surface area contributed by atoms with Gasteiger partial charge in [0.15, 0.2) is 5.78 Å². The second-order valence-electron chi connectivity index (χ2n) is 4.32. The molecule has 0 spiro atoms. The second kappa shape index (κ2) is 5.19. The first kappa shape index (κ1) is 14.2. The number of Topliss-reactive ketones (excluding diaryl/α,β-unsaturated/α-hetero) is 1. The third-order valence-electron chi connectivity index (χ3n) is 3.30. The number of aryl methyl sites for hydroxylation is 2. The fourth-order valence-corrected chi connectivity index (χ4v) is 2.09. The Hall–Kier alpha value is -0.870. The Morgan fingerprint density at radius 3 is 2.35 bits per heavy atom. The number of aromatic nitrogens is 2. The lowest BCUT2D eigenvalue weighted by Crippen LogP contribution is -2.38. The van der Waals surface area contributed by atoms with Crippen molar-refractivity contribution in [1.29, 1.82) is 0 Å². The molecule has 0 aliphatic heterocycles. The molecule has 5 heteroatoms. The molecule has 4 nitrogen and oxygen atoms in total. The molecule has 0 atom stereocenters. The zero-order valence-corrected chi connectivity index (χ0v) is 11.5. The van der Waals surface area contributed by atoms with E-state index in [1.54, 1.807) is 20.9 Å². The SMILES string of the molecule is CCC(O)(CC)C(=O)Cc1c(C)nn(C)c1Cl. The van der Waals surface area contributed by atoms with Crippen molar-refractivity contribution in [1.82, 2.24) is 9.78 Å². The minimum absolute atomic E-state index is 0.136. The highest BCUT2D eigenvalue weighted by atomic mass is 35.5. The lowest BCUT2D eigenvalue weighted by atomic mass is 9.89. The van der Waals surface area contributed by atoms with E-state index < -0.39 is 5.60 Å². The van der Waals surface area contributed by atoms with Crippen molar-refractivity contribution < 1.29 is 9.90 Å². The van der Waals surface area contributed by atoms with Crippen LogP contribution in [-0.2, 0) is 18.3 Å². The monoisotopic (exact) mass is 258 g/mol. The largest absolute Gasteiger partial charge is 0.382 e. The minimum Gasteiger partial charge on any atom is -0.382 e. The van der Waals surface area contributed by atoms with E-state index in [9.17, 15) is 9.90 Å². The van der Waals surface area contributed by atoms with E-state index in [0.717, 1.165) is 5.69 Å². The predicted octanol–water partition coefficient (Wildman–Crippen LogP) is 2.04. The first-order valence-electron chi connectivity index (χ1n) is 5.79. The normalized spacial score (nSPS) is 11.9. The smallest absolute Gasteiger partial charge is 0.168 e. The van der Waals surface area contributed by atoms with Crippen molar-refractivity contribution in [2.45, 2.75) is 45.6 Å². The molecule has 0 saturated carbocycles. The minimum atomic E-state index is -1.24. The molecule has 1 aromatic heterocycles. The second-order valence-corrected chi connectivity index (χ2v) is 4.68. The van der Waals surface area contributed by atoms with Crippen LogP contribution in [0, 0.1) is 6.92 Å². The van der Waals surface area contributed by atoms with Gasteiger partial charge in [-0.3, -0.25) is 9.48 Å². The van der Waals surface area contributed by atoms with Crippen LogP contribution in [0.1, 0.15) is 37.9 Å². The number of nitrogens with zero attached hydrogens (tertiary/aromatic N) is 2. The van der Waals surface area contributed by atoms with Gasteiger partial charge in [-0.2, -0.15) is 5.10 Å². The van der Waals surface area contributed by atoms with E-state index in [2.05, 4.69) is 5.10 Å². The molecule has 1 aromatic rings. The molecule has 96 valence electrons. The molecule has 0 saturated heterocycles. The van der Waals surface area contributed by atoms with Crippen LogP contribution in [0.4, 0.5) is 0 Å². The molecule has 17 heavy (non-hydrogen) atoms. The Kier molecular flexibility index (Phi) is 4.33. The molecule has 0 aliphatic carbocycles. The van der Waals surface area contributed by atoms with E-state index in [1.807, 2.05) is 6.92 Å². The third kappa shape index (κ3) is 2.69. The van der Waals surface area contributed by atoms with Crippen molar-refractivity contribution in [3.63, 3.8) is 0 Å². The molecule has 0 aliphatic rings. The number of carbonyl (C=O) groups excluding carboxylic acids is 1. The van der Waals surface area contributed by atoms with Gasteiger partial charge in [0, 0.05) is 19.0 Å². The van der Waals surface area contributed by atoms with E-state index in [4.69, 9.17) is 11.6 Å². The summed E-state index contributed by atoms with van der Waals surface area (Å²) in [7, 11) is 1.73. The predicted molar refractivity (Wildman–Crippen MR) is 67.2 cm³/mol. The summed E-state index contributed by atoms with van der Waals surface area (Å²) in [6.07, 6.45) is 0.967. The van der Waals surface area contributed by atoms with Gasteiger partial charge in [0.2, 0.25) is 0 Å². The van der Waals surface area contributed by atoms with E-state index in [-0.39, 0.29) is 12.2 Å². The zero-order chi connectivity index (χ0) is 13.2. The van der Waals surface area contributed by atoms with Crippen LogP contribution in [0.5, 0.6) is 0 Å². The van der Waals surface area contributed by atoms with Crippen molar-refractivity contribution >= 4 is 17.4 Å². The summed E-state index contributed by atoms with van der Waals surface area (Å²) in [5, 5.41) is 14.7. The molecule has 1 heterocycles. The lowest BCUT2D eigenvalue weighted by Gasteiger charge is -2.23. The number of halogens is 1. The van der Waals surface area contributed by atoms with Gasteiger partial charge in [-0.25, -0.2) is 0 Å². The van der Waals surface area contributed by atoms with Crippen LogP contribution < -0.4 is 0 Å². The highest BCUT2D eigenvalue weighted by Gasteiger charge is 2.32. The maximum atomic E-state index is 12.1. The highest BCUT2D eigenvalue weighted by molar-refractivity contribution is 6.30. The average molecular weight is 259 g/mol. The summed E-state index contributed by atoms with van der Waals surface area (Å²) in [6.45, 7) is 5.42. The van der Waals surface area contributed by atoms with Crippen LogP contribution in [0.25, 0.3) is 0 Å². The van der Waals surface area contributed by atoms with E-state index in [1.165, 1.54) is 4.68 Å². The highest BCUT2D eigenvalue weighted by Crippen LogP contribution is 2.24. The number of hydrogen-bond donors (Lipinski definition) is 1. The van der Waals surface area contributed by atoms with Crippen molar-refractivity contribution in [3.05, 3.63) is 16.4 Å². The molecule has 0 unspecified atom stereocenters. The Bertz CT molecular complexity index is 422. The number of ketones is 1. The molecule has 0 radical (unpaired) electrons. The Morgan fingerprint density at radius 1 is 1.47 bits per heavy atom. The summed E-state index contributed by atoms with van der Waals surface area (Å²) in [4.78, 5) is 12.1. The molecule has 0 bridgehead atoms. The standard InChI is InChI=1S/C12H19ClN2O2/c1-5-12(17,6-2)10(16)7-9-8(3)14-15(4)11(9)13/h17H,5-7H2,1-4H3. The number of hydrogen-bond acceptors (Lipinski definition) is 3. The lowest BCUT2D eigenvalue weighted by molar-refractivity contribution is -0.137. The van der Waals surface area contributed by atoms with Crippen molar-refractivity contribution in [2.24, 2.45) is 7.05 Å². The number of carbonyl (C=O) groups is 1. The first-order chi connectivity index (χ1) is 7.85. The average Bonchev–Trinajstić information content (AvgIpc) is 2.54. The summed E-state index contributed by atoms with van der Waals surface area (Å²) in [5.74, 6) is -0.194. The van der Waals surface area contributed by atoms with Crippen molar-refractivity contribution in [2.75, 3.05) is 0 Å². The van der Waals surface area contributed by atoms with Gasteiger partial charge in [0.05, 0.1) is 5.69 Å². The van der Waals surface area contributed by atoms with Crippen LogP contribution >= 0.6 is 11.6 Å². The fraction of sp³-hybridized carbons (Fsp3) is 0.667. The molecule has 1 rings (SSSR count). The van der Waals surface area contributed by atoms with Crippen LogP contribution in [0.2, 0.25) is 5.15 Å². The molecule has 0 aromatic carbocycles. The summed E-state index contributed by atoms with van der Waals surface area (Å²) in [6, 6.07) is 0. The van der Waals surface area contributed by atoms with Gasteiger partial charge in [-0.1, -0.05) is 25.4 Å². The summed E-state index contributed by atoms with van der Waals surface area (Å²) in [5.41, 5.74) is 0.200. The van der Waals surface area contributed by atoms with Crippen LogP contribution in [-0.4, -0.2) is 26.3 Å². The van der Waals surface area contributed by atoms with Gasteiger partial charge < -0.3 is 5.11 Å². The van der Waals surface area contributed by atoms with Gasteiger partial charge in [0.25, 0.3) is 0 Å². The van der Waals surface area contributed by atoms with E-state index >= 15 is 0 Å². The first-order valence-corrected chi connectivity index (χ1v) is 6.17. The van der Waals surface area contributed by atoms with Gasteiger partial charge in [-0.15, -0.1) is 0 Å². The third-order valence-corrected chi connectivity index (χ3v) is 3.77. The van der Waals surface area contributed by atoms with E-state index in [0.29, 0.717) is 23.6 Å². The molecular formula is C12H19ClN2O2. The van der Waals surface area contributed by atoms with Crippen LogP contribution in [0.3, 0.4) is 0 Å². The molecular weight excluding hydrogens is 240 g/mol. The molecule has 0 amide bonds. The molecule has 1 N–H and O–H groups in total. The molecule has 0 fully saturated rings. The fourth-order valence-electron chi connectivity index (χ4n) is 1.84. The van der Waals surface area contributed by atoms with Gasteiger partial charge in [0.1, 0.15) is 10.8 Å². The quantitative estimate of drug-likeness (QED) is 0.879. The van der Waals surface area contributed by atoms with Crippen molar-refractivity contribution in [3.8, 4) is 0 Å². The van der Waals surface area contributed by atoms with Gasteiger partial charge in [-0.05, 0) is 19.8 Å². The Balaban J connectivity index is 2.95. The zero-order valence-electron chi connectivity index (χ0n) is 10.7. The Morgan fingerprint density at radius 2 is 2.00 bits per heavy atom. The maximum Gasteiger partial charge on any atom is 0.168 e.